The van der Waals surface area contributed by atoms with Crippen LogP contribution < -0.4 is 10.6 Å². The molecule has 5 nitrogen and oxygen atoms in total. The summed E-state index contributed by atoms with van der Waals surface area (Å²) in [5, 5.41) is 5.50. The first-order valence-corrected chi connectivity index (χ1v) is 5.82. The van der Waals surface area contributed by atoms with Gasteiger partial charge >= 0.3 is 0 Å². The standard InChI is InChI=1S/C13H13FN4O/c1-2-15-12-10(7-9(14)8-17-12)13(19)18-11-5-3-4-6-16-11/h3-8H,2H2,1H3,(H,15,17)(H,16,18,19). The van der Waals surface area contributed by atoms with E-state index in [4.69, 9.17) is 0 Å². The van der Waals surface area contributed by atoms with Crippen LogP contribution in [0.2, 0.25) is 0 Å². The topological polar surface area (TPSA) is 66.9 Å². The smallest absolute Gasteiger partial charge is 0.260 e. The zero-order chi connectivity index (χ0) is 13.7. The summed E-state index contributed by atoms with van der Waals surface area (Å²) in [6.45, 7) is 2.45. The quantitative estimate of drug-likeness (QED) is 0.885. The average molecular weight is 260 g/mol. The maximum Gasteiger partial charge on any atom is 0.260 e. The van der Waals surface area contributed by atoms with Crippen LogP contribution in [-0.2, 0) is 0 Å². The summed E-state index contributed by atoms with van der Waals surface area (Å²) in [7, 11) is 0. The summed E-state index contributed by atoms with van der Waals surface area (Å²) in [5.74, 6) is -0.272. The second kappa shape index (κ2) is 5.90. The second-order valence-corrected chi connectivity index (χ2v) is 3.75. The number of carbonyl (C=O) groups is 1. The minimum atomic E-state index is -0.562. The number of halogens is 1. The highest BCUT2D eigenvalue weighted by atomic mass is 19.1. The number of rotatable bonds is 4. The normalized spacial score (nSPS) is 10.0. The Morgan fingerprint density at radius 2 is 2.21 bits per heavy atom. The van der Waals surface area contributed by atoms with Gasteiger partial charge in [-0.05, 0) is 25.1 Å². The highest BCUT2D eigenvalue weighted by molar-refractivity contribution is 6.07. The number of hydrogen-bond donors (Lipinski definition) is 2. The molecule has 0 bridgehead atoms. The lowest BCUT2D eigenvalue weighted by Crippen LogP contribution is -2.16. The van der Waals surface area contributed by atoms with E-state index in [2.05, 4.69) is 20.6 Å². The number of carbonyl (C=O) groups excluding carboxylic acids is 1. The molecule has 1 amide bonds. The molecule has 0 radical (unpaired) electrons. The van der Waals surface area contributed by atoms with Gasteiger partial charge in [-0.1, -0.05) is 6.07 Å². The van der Waals surface area contributed by atoms with Crippen molar-refractivity contribution in [2.75, 3.05) is 17.2 Å². The summed E-state index contributed by atoms with van der Waals surface area (Å²) >= 11 is 0. The Morgan fingerprint density at radius 3 is 2.89 bits per heavy atom. The zero-order valence-electron chi connectivity index (χ0n) is 10.4. The van der Waals surface area contributed by atoms with Crippen molar-refractivity contribution in [2.24, 2.45) is 0 Å². The molecule has 0 saturated carbocycles. The molecule has 2 heterocycles. The molecule has 2 aromatic rings. The molecule has 2 aromatic heterocycles. The molecule has 19 heavy (non-hydrogen) atoms. The molecular formula is C13H13FN4O. The third-order valence-corrected chi connectivity index (χ3v) is 2.35. The minimum absolute atomic E-state index is 0.146. The fourth-order valence-corrected chi connectivity index (χ4v) is 1.54. The van der Waals surface area contributed by atoms with Gasteiger partial charge < -0.3 is 10.6 Å². The van der Waals surface area contributed by atoms with Crippen LogP contribution in [0.4, 0.5) is 16.0 Å². The first-order chi connectivity index (χ1) is 9.20. The highest BCUT2D eigenvalue weighted by Crippen LogP contribution is 2.15. The number of aromatic nitrogens is 2. The summed E-state index contributed by atoms with van der Waals surface area (Å²) in [6.07, 6.45) is 2.63. The van der Waals surface area contributed by atoms with Gasteiger partial charge in [0.25, 0.3) is 5.91 Å². The molecule has 2 N–H and O–H groups in total. The molecule has 0 saturated heterocycles. The van der Waals surface area contributed by atoms with Crippen LogP contribution in [0.1, 0.15) is 17.3 Å². The van der Waals surface area contributed by atoms with Crippen molar-refractivity contribution < 1.29 is 9.18 Å². The van der Waals surface area contributed by atoms with Crippen LogP contribution in [-0.4, -0.2) is 22.4 Å². The van der Waals surface area contributed by atoms with Gasteiger partial charge in [0.15, 0.2) is 0 Å². The number of amides is 1. The number of nitrogens with zero attached hydrogens (tertiary/aromatic N) is 2. The van der Waals surface area contributed by atoms with Crippen molar-refractivity contribution in [3.63, 3.8) is 0 Å². The van der Waals surface area contributed by atoms with E-state index in [1.807, 2.05) is 6.92 Å². The van der Waals surface area contributed by atoms with E-state index in [1.165, 1.54) is 0 Å². The molecule has 0 unspecified atom stereocenters. The van der Waals surface area contributed by atoms with E-state index in [0.29, 0.717) is 18.2 Å². The van der Waals surface area contributed by atoms with E-state index >= 15 is 0 Å². The van der Waals surface area contributed by atoms with Gasteiger partial charge in [-0.2, -0.15) is 0 Å². The third-order valence-electron chi connectivity index (χ3n) is 2.35. The average Bonchev–Trinajstić information content (AvgIpc) is 2.42. The van der Waals surface area contributed by atoms with E-state index in [0.717, 1.165) is 12.3 Å². The summed E-state index contributed by atoms with van der Waals surface area (Å²) in [5.41, 5.74) is 0.146. The van der Waals surface area contributed by atoms with Crippen molar-refractivity contribution in [1.29, 1.82) is 0 Å². The van der Waals surface area contributed by atoms with Crippen LogP contribution in [0, 0.1) is 5.82 Å². The van der Waals surface area contributed by atoms with Crippen molar-refractivity contribution in [1.82, 2.24) is 9.97 Å². The lowest BCUT2D eigenvalue weighted by molar-refractivity contribution is 0.102. The van der Waals surface area contributed by atoms with E-state index in [1.54, 1.807) is 24.4 Å². The van der Waals surface area contributed by atoms with Crippen LogP contribution in [0.25, 0.3) is 0 Å². The minimum Gasteiger partial charge on any atom is -0.370 e. The zero-order valence-corrected chi connectivity index (χ0v) is 10.4. The highest BCUT2D eigenvalue weighted by Gasteiger charge is 2.14. The molecule has 0 atom stereocenters. The molecule has 0 aliphatic rings. The Kier molecular flexibility index (Phi) is 4.02. The Bertz CT molecular complexity index is 574. The summed E-state index contributed by atoms with van der Waals surface area (Å²) in [4.78, 5) is 19.9. The number of hydrogen-bond acceptors (Lipinski definition) is 4. The first kappa shape index (κ1) is 12.9. The van der Waals surface area contributed by atoms with Crippen molar-refractivity contribution in [3.8, 4) is 0 Å². The van der Waals surface area contributed by atoms with Crippen LogP contribution >= 0.6 is 0 Å². The fraction of sp³-hybridized carbons (Fsp3) is 0.154. The van der Waals surface area contributed by atoms with Crippen molar-refractivity contribution in [3.05, 3.63) is 48.0 Å². The second-order valence-electron chi connectivity index (χ2n) is 3.75. The van der Waals surface area contributed by atoms with E-state index in [-0.39, 0.29) is 5.56 Å². The van der Waals surface area contributed by atoms with E-state index < -0.39 is 11.7 Å². The molecule has 2 rings (SSSR count). The third kappa shape index (κ3) is 3.25. The SMILES string of the molecule is CCNc1ncc(F)cc1C(=O)Nc1ccccn1. The van der Waals surface area contributed by atoms with Gasteiger partial charge in [0, 0.05) is 12.7 Å². The lowest BCUT2D eigenvalue weighted by atomic mass is 10.2. The van der Waals surface area contributed by atoms with Crippen LogP contribution in [0.3, 0.4) is 0 Å². The van der Waals surface area contributed by atoms with Gasteiger partial charge in [0.2, 0.25) is 0 Å². The number of anilines is 2. The largest absolute Gasteiger partial charge is 0.370 e. The summed E-state index contributed by atoms with van der Waals surface area (Å²) in [6, 6.07) is 6.28. The van der Waals surface area contributed by atoms with Gasteiger partial charge in [0.1, 0.15) is 17.5 Å². The van der Waals surface area contributed by atoms with Gasteiger partial charge in [-0.25, -0.2) is 14.4 Å². The Hall–Kier alpha value is -2.50. The van der Waals surface area contributed by atoms with Crippen molar-refractivity contribution >= 4 is 17.5 Å². The molecular weight excluding hydrogens is 247 g/mol. The Balaban J connectivity index is 2.25. The van der Waals surface area contributed by atoms with Gasteiger partial charge in [-0.3, -0.25) is 4.79 Å². The Labute approximate surface area is 109 Å². The predicted molar refractivity (Wildman–Crippen MR) is 70.5 cm³/mol. The fourth-order valence-electron chi connectivity index (χ4n) is 1.54. The molecule has 6 heteroatoms. The summed E-state index contributed by atoms with van der Waals surface area (Å²) < 4.78 is 13.2. The number of pyridine rings is 2. The molecule has 0 spiro atoms. The first-order valence-electron chi connectivity index (χ1n) is 5.82. The Morgan fingerprint density at radius 1 is 1.37 bits per heavy atom. The van der Waals surface area contributed by atoms with Crippen LogP contribution in [0.15, 0.2) is 36.7 Å². The molecule has 0 aliphatic heterocycles. The molecule has 98 valence electrons. The number of nitrogens with one attached hydrogen (secondary N) is 2. The molecule has 0 fully saturated rings. The monoisotopic (exact) mass is 260 g/mol. The van der Waals surface area contributed by atoms with Crippen LogP contribution in [0.5, 0.6) is 0 Å². The molecule has 0 aliphatic carbocycles. The van der Waals surface area contributed by atoms with Gasteiger partial charge in [0.05, 0.1) is 11.8 Å². The van der Waals surface area contributed by atoms with E-state index in [9.17, 15) is 9.18 Å². The molecule has 0 aromatic carbocycles. The maximum atomic E-state index is 13.2. The van der Waals surface area contributed by atoms with Crippen molar-refractivity contribution in [2.45, 2.75) is 6.92 Å². The maximum absolute atomic E-state index is 13.2. The lowest BCUT2D eigenvalue weighted by Gasteiger charge is -2.09. The predicted octanol–water partition coefficient (Wildman–Crippen LogP) is 2.30. The van der Waals surface area contributed by atoms with Gasteiger partial charge in [-0.15, -0.1) is 0 Å².